The van der Waals surface area contributed by atoms with Gasteiger partial charge in [-0.3, -0.25) is 14.2 Å². The van der Waals surface area contributed by atoms with Crippen LogP contribution in [0.4, 0.5) is 0 Å². The minimum absolute atomic E-state index is 0.0332. The van der Waals surface area contributed by atoms with Gasteiger partial charge in [0.2, 0.25) is 0 Å². The molecule has 0 N–H and O–H groups in total. The lowest BCUT2D eigenvalue weighted by Gasteiger charge is -2.28. The van der Waals surface area contributed by atoms with E-state index in [0.29, 0.717) is 17.4 Å². The Hall–Kier alpha value is -2.81. The average Bonchev–Trinajstić information content (AvgIpc) is 3.42. The maximum absolute atomic E-state index is 12.8. The first-order valence-electron chi connectivity index (χ1n) is 33.3. The first-order chi connectivity index (χ1) is 39.0. The summed E-state index contributed by atoms with van der Waals surface area (Å²) in [4.78, 5) is 38.0. The second kappa shape index (κ2) is 60.8. The number of likely N-dealkylation sites (N-methyl/N-ethyl adjacent to an activating group) is 1. The third kappa shape index (κ3) is 64.4. The summed E-state index contributed by atoms with van der Waals surface area (Å²) in [5.74, 6) is -0.828. The predicted octanol–water partition coefficient (Wildman–Crippen LogP) is 20.7. The van der Waals surface area contributed by atoms with E-state index in [0.717, 1.165) is 77.0 Å². The highest BCUT2D eigenvalue weighted by molar-refractivity contribution is 7.45. The SMILES string of the molecule is CC/C=C\C/C=C\C/C=C\C/C=C\CCCCCCCCCCCCCCC(=O)OC(COC(=O)CCCCCCCCCCCCCCCCCC/C=C\C/C=C\C/C=C\CCCCCCC)COP(=O)([O-])OCC[N+](C)(C)C. The van der Waals surface area contributed by atoms with Gasteiger partial charge >= 0.3 is 11.9 Å². The first-order valence-corrected chi connectivity index (χ1v) is 34.8. The fraction of sp³-hybridized carbons (Fsp3) is 0.771. The Labute approximate surface area is 494 Å². The molecule has 0 amide bonds. The van der Waals surface area contributed by atoms with E-state index in [2.05, 4.69) is 98.9 Å². The van der Waals surface area contributed by atoms with Crippen LogP contribution in [0.25, 0.3) is 0 Å². The van der Waals surface area contributed by atoms with Crippen molar-refractivity contribution in [2.45, 2.75) is 302 Å². The molecule has 0 aromatic rings. The summed E-state index contributed by atoms with van der Waals surface area (Å²) in [6.07, 6.45) is 82.2. The van der Waals surface area contributed by atoms with Crippen molar-refractivity contribution < 1.29 is 42.1 Å². The molecule has 10 heteroatoms. The van der Waals surface area contributed by atoms with Gasteiger partial charge in [0.1, 0.15) is 19.8 Å². The molecule has 0 radical (unpaired) electrons. The quantitative estimate of drug-likeness (QED) is 0.0195. The van der Waals surface area contributed by atoms with Crippen molar-refractivity contribution >= 4 is 19.8 Å². The number of phosphoric ester groups is 1. The number of unbranched alkanes of at least 4 members (excludes halogenated alkanes) is 33. The van der Waals surface area contributed by atoms with Crippen LogP contribution in [-0.2, 0) is 32.7 Å². The summed E-state index contributed by atoms with van der Waals surface area (Å²) in [5.41, 5.74) is 0. The molecule has 0 heterocycles. The van der Waals surface area contributed by atoms with E-state index in [1.54, 1.807) is 0 Å². The van der Waals surface area contributed by atoms with Crippen LogP contribution in [0, 0.1) is 0 Å². The number of carbonyl (C=O) groups is 2. The smallest absolute Gasteiger partial charge is 0.306 e. The summed E-state index contributed by atoms with van der Waals surface area (Å²) >= 11 is 0. The molecular weight excluding hydrogens is 1010 g/mol. The third-order valence-electron chi connectivity index (χ3n) is 14.4. The van der Waals surface area contributed by atoms with Gasteiger partial charge in [-0.1, -0.05) is 279 Å². The number of phosphoric acid groups is 1. The normalized spacial score (nSPS) is 13.7. The van der Waals surface area contributed by atoms with Gasteiger partial charge in [-0.25, -0.2) is 0 Å². The standard InChI is InChI=1S/C70H126NO8P/c1-6-8-10-12-14-16-18-20-22-24-26-28-30-32-33-34-35-36-37-39-40-42-44-46-48-50-52-54-56-58-60-62-69(72)76-66-68(67-78-80(74,75)77-65-64-71(3,4)5)79-70(73)63-61-59-57-55-53-51-49-47-45-43-41-38-31-29-27-25-23-21-19-17-15-13-11-9-7-2/h9,11,15,17-18,20-21,23-24,26-27,29-30,32,68H,6-8,10,12-14,16,19,22,25,28,31,33-67H2,1-5H3/b11-9-,17-15-,20-18-,23-21-,26-24-,29-27-,32-30-. The summed E-state index contributed by atoms with van der Waals surface area (Å²) < 4.78 is 34.3. The zero-order chi connectivity index (χ0) is 58.4. The molecule has 80 heavy (non-hydrogen) atoms. The van der Waals surface area contributed by atoms with Gasteiger partial charge in [-0.15, -0.1) is 0 Å². The van der Waals surface area contributed by atoms with Gasteiger partial charge in [-0.2, -0.15) is 0 Å². The van der Waals surface area contributed by atoms with Crippen LogP contribution in [0.3, 0.4) is 0 Å². The Morgan fingerprint density at radius 3 is 1.06 bits per heavy atom. The van der Waals surface area contributed by atoms with Crippen LogP contribution < -0.4 is 4.89 Å². The lowest BCUT2D eigenvalue weighted by atomic mass is 10.0. The van der Waals surface area contributed by atoms with Gasteiger partial charge in [-0.05, 0) is 89.9 Å². The summed E-state index contributed by atoms with van der Waals surface area (Å²) in [7, 11) is 1.17. The van der Waals surface area contributed by atoms with E-state index in [-0.39, 0.29) is 32.0 Å². The Kier molecular flexibility index (Phi) is 58.6. The topological polar surface area (TPSA) is 111 Å². The maximum Gasteiger partial charge on any atom is 0.306 e. The van der Waals surface area contributed by atoms with Crippen molar-refractivity contribution in [3.05, 3.63) is 85.1 Å². The molecule has 0 aliphatic carbocycles. The summed E-state index contributed by atoms with van der Waals surface area (Å²) in [6, 6.07) is 0. The number of allylic oxidation sites excluding steroid dienone is 14. The molecular formula is C70H126NO8P. The number of carbonyl (C=O) groups excluding carboxylic acids is 2. The molecule has 0 saturated heterocycles. The molecule has 464 valence electrons. The van der Waals surface area contributed by atoms with E-state index >= 15 is 0 Å². The lowest BCUT2D eigenvalue weighted by molar-refractivity contribution is -0.870. The Morgan fingerprint density at radius 2 is 0.713 bits per heavy atom. The molecule has 0 aromatic heterocycles. The Bertz CT molecular complexity index is 1630. The van der Waals surface area contributed by atoms with Crippen LogP contribution in [0.2, 0.25) is 0 Å². The number of ether oxygens (including phenoxy) is 2. The molecule has 9 nitrogen and oxygen atoms in total. The number of hydrogen-bond donors (Lipinski definition) is 0. The van der Waals surface area contributed by atoms with Crippen LogP contribution in [-0.4, -0.2) is 70.0 Å². The highest BCUT2D eigenvalue weighted by Crippen LogP contribution is 2.38. The number of rotatable bonds is 61. The molecule has 0 bridgehead atoms. The molecule has 0 aliphatic heterocycles. The summed E-state index contributed by atoms with van der Waals surface area (Å²) in [6.45, 7) is 4.14. The summed E-state index contributed by atoms with van der Waals surface area (Å²) in [5, 5.41) is 0. The fourth-order valence-corrected chi connectivity index (χ4v) is 10.0. The van der Waals surface area contributed by atoms with Crippen molar-refractivity contribution in [2.75, 3.05) is 47.5 Å². The minimum atomic E-state index is -4.64. The van der Waals surface area contributed by atoms with Gasteiger partial charge in [0.15, 0.2) is 6.10 Å². The third-order valence-corrected chi connectivity index (χ3v) is 15.4. The van der Waals surface area contributed by atoms with Crippen molar-refractivity contribution in [3.8, 4) is 0 Å². The molecule has 0 spiro atoms. The van der Waals surface area contributed by atoms with Gasteiger partial charge in [0.05, 0.1) is 27.7 Å². The molecule has 0 saturated carbocycles. The minimum Gasteiger partial charge on any atom is -0.756 e. The van der Waals surface area contributed by atoms with E-state index in [4.69, 9.17) is 18.5 Å². The molecule has 0 rings (SSSR count). The van der Waals surface area contributed by atoms with E-state index in [1.165, 1.54) is 186 Å². The van der Waals surface area contributed by atoms with Gasteiger partial charge in [0, 0.05) is 12.8 Å². The zero-order valence-corrected chi connectivity index (χ0v) is 53.7. The largest absolute Gasteiger partial charge is 0.756 e. The lowest BCUT2D eigenvalue weighted by Crippen LogP contribution is -2.37. The second-order valence-electron chi connectivity index (χ2n) is 23.5. The first kappa shape index (κ1) is 77.2. The van der Waals surface area contributed by atoms with Crippen LogP contribution in [0.1, 0.15) is 296 Å². The van der Waals surface area contributed by atoms with E-state index in [1.807, 2.05) is 21.1 Å². The average molecular weight is 1140 g/mol. The number of hydrogen-bond acceptors (Lipinski definition) is 8. The van der Waals surface area contributed by atoms with Gasteiger partial charge < -0.3 is 27.9 Å². The maximum atomic E-state index is 12.8. The molecule has 2 atom stereocenters. The van der Waals surface area contributed by atoms with Crippen molar-refractivity contribution in [1.29, 1.82) is 0 Å². The van der Waals surface area contributed by atoms with Crippen molar-refractivity contribution in [2.24, 2.45) is 0 Å². The molecule has 0 aliphatic rings. The van der Waals surface area contributed by atoms with Crippen molar-refractivity contribution in [3.63, 3.8) is 0 Å². The monoisotopic (exact) mass is 1140 g/mol. The number of nitrogens with zero attached hydrogens (tertiary/aromatic N) is 1. The number of quaternary nitrogens is 1. The van der Waals surface area contributed by atoms with E-state index < -0.39 is 26.5 Å². The molecule has 2 unspecified atom stereocenters. The Morgan fingerprint density at radius 1 is 0.400 bits per heavy atom. The molecule has 0 aromatic carbocycles. The number of esters is 2. The highest BCUT2D eigenvalue weighted by Gasteiger charge is 2.22. The van der Waals surface area contributed by atoms with Crippen LogP contribution in [0.15, 0.2) is 85.1 Å². The highest BCUT2D eigenvalue weighted by atomic mass is 31.2. The van der Waals surface area contributed by atoms with Crippen molar-refractivity contribution in [1.82, 2.24) is 0 Å². The fourth-order valence-electron chi connectivity index (χ4n) is 9.30. The van der Waals surface area contributed by atoms with Crippen LogP contribution in [0.5, 0.6) is 0 Å². The van der Waals surface area contributed by atoms with Gasteiger partial charge in [0.25, 0.3) is 7.82 Å². The second-order valence-corrected chi connectivity index (χ2v) is 24.9. The predicted molar refractivity (Wildman–Crippen MR) is 342 cm³/mol. The van der Waals surface area contributed by atoms with E-state index in [9.17, 15) is 19.0 Å². The van der Waals surface area contributed by atoms with Crippen LogP contribution >= 0.6 is 7.82 Å². The Balaban J connectivity index is 4.06. The molecule has 0 fully saturated rings. The zero-order valence-electron chi connectivity index (χ0n) is 52.8.